The summed E-state index contributed by atoms with van der Waals surface area (Å²) in [6.07, 6.45) is 0. The number of aryl methyl sites for hydroxylation is 2. The molecule has 0 heterocycles. The highest BCUT2D eigenvalue weighted by Crippen LogP contribution is 2.16. The molecule has 5 nitrogen and oxygen atoms in total. The average Bonchev–Trinajstić information content (AvgIpc) is 2.60. The van der Waals surface area contributed by atoms with Crippen LogP contribution in [0.4, 0.5) is 0 Å². The van der Waals surface area contributed by atoms with Gasteiger partial charge in [0.05, 0.1) is 12.1 Å². The number of amides is 2. The van der Waals surface area contributed by atoms with Crippen molar-refractivity contribution in [3.63, 3.8) is 0 Å². The zero-order valence-electron chi connectivity index (χ0n) is 14.3. The van der Waals surface area contributed by atoms with Crippen molar-refractivity contribution in [2.75, 3.05) is 13.2 Å². The summed E-state index contributed by atoms with van der Waals surface area (Å²) in [5, 5.41) is 2.73. The highest BCUT2D eigenvalue weighted by atomic mass is 16.5. The van der Waals surface area contributed by atoms with Gasteiger partial charge in [-0.15, -0.1) is 0 Å². The molecule has 128 valence electrons. The van der Waals surface area contributed by atoms with Crippen LogP contribution >= 0.6 is 0 Å². The van der Waals surface area contributed by atoms with Crippen molar-refractivity contribution in [3.05, 3.63) is 64.7 Å². The molecule has 0 aromatic heterocycles. The molecule has 0 aliphatic heterocycles. The van der Waals surface area contributed by atoms with Gasteiger partial charge in [-0.1, -0.05) is 30.0 Å². The molecule has 2 aromatic carbocycles. The normalized spacial score (nSPS) is 9.68. The van der Waals surface area contributed by atoms with Crippen LogP contribution in [0.25, 0.3) is 0 Å². The molecule has 5 heteroatoms. The van der Waals surface area contributed by atoms with Gasteiger partial charge in [0.25, 0.3) is 11.8 Å². The Morgan fingerprint density at radius 2 is 1.84 bits per heavy atom. The van der Waals surface area contributed by atoms with Crippen molar-refractivity contribution in [1.82, 2.24) is 5.32 Å². The molecule has 0 spiro atoms. The van der Waals surface area contributed by atoms with Gasteiger partial charge in [0.1, 0.15) is 12.4 Å². The number of carbonyl (C=O) groups excluding carboxylic acids is 2. The van der Waals surface area contributed by atoms with E-state index in [1.165, 1.54) is 0 Å². The van der Waals surface area contributed by atoms with Gasteiger partial charge < -0.3 is 15.8 Å². The Labute approximate surface area is 147 Å². The predicted molar refractivity (Wildman–Crippen MR) is 96.5 cm³/mol. The lowest BCUT2D eigenvalue weighted by atomic mass is 10.1. The van der Waals surface area contributed by atoms with E-state index in [0.29, 0.717) is 16.9 Å². The van der Waals surface area contributed by atoms with Crippen LogP contribution in [0.15, 0.2) is 42.5 Å². The zero-order valence-corrected chi connectivity index (χ0v) is 14.3. The lowest BCUT2D eigenvalue weighted by Crippen LogP contribution is -2.23. The molecule has 2 rings (SSSR count). The highest BCUT2D eigenvalue weighted by molar-refractivity contribution is 5.95. The minimum atomic E-state index is -0.552. The van der Waals surface area contributed by atoms with Crippen LogP contribution in [0, 0.1) is 25.7 Å². The van der Waals surface area contributed by atoms with Crippen LogP contribution < -0.4 is 15.8 Å². The van der Waals surface area contributed by atoms with E-state index in [4.69, 9.17) is 10.5 Å². The second kappa shape index (κ2) is 8.55. The van der Waals surface area contributed by atoms with E-state index in [1.54, 1.807) is 30.3 Å². The van der Waals surface area contributed by atoms with E-state index < -0.39 is 5.91 Å². The lowest BCUT2D eigenvalue weighted by molar-refractivity contribution is 0.0956. The average molecular weight is 336 g/mol. The molecule has 0 aliphatic carbocycles. The fraction of sp³-hybridized carbons (Fsp3) is 0.200. The van der Waals surface area contributed by atoms with E-state index in [-0.39, 0.29) is 19.1 Å². The number of para-hydroxylation sites is 1. The SMILES string of the molecule is Cc1ccc(C(=O)NCC#CCOc2ccccc2C(N)=O)cc1C. The molecule has 3 N–H and O–H groups in total. The van der Waals surface area contributed by atoms with Gasteiger partial charge in [0.15, 0.2) is 0 Å². The molecule has 2 aromatic rings. The summed E-state index contributed by atoms with van der Waals surface area (Å²) in [5.41, 5.74) is 8.41. The van der Waals surface area contributed by atoms with E-state index in [9.17, 15) is 9.59 Å². The third-order valence-corrected chi connectivity index (χ3v) is 3.68. The van der Waals surface area contributed by atoms with Gasteiger partial charge in [-0.25, -0.2) is 0 Å². The van der Waals surface area contributed by atoms with E-state index >= 15 is 0 Å². The van der Waals surface area contributed by atoms with Gasteiger partial charge in [-0.05, 0) is 49.2 Å². The van der Waals surface area contributed by atoms with Crippen LogP contribution in [0.5, 0.6) is 5.75 Å². The Balaban J connectivity index is 1.82. The highest BCUT2D eigenvalue weighted by Gasteiger charge is 2.07. The first-order valence-corrected chi connectivity index (χ1v) is 7.82. The minimum absolute atomic E-state index is 0.101. The Kier molecular flexibility index (Phi) is 6.19. The number of hydrogen-bond donors (Lipinski definition) is 2. The summed E-state index contributed by atoms with van der Waals surface area (Å²) in [5.74, 6) is 5.27. The largest absolute Gasteiger partial charge is 0.480 e. The standard InChI is InChI=1S/C20H20N2O3/c1-14-9-10-16(13-15(14)2)20(24)22-11-5-6-12-25-18-8-4-3-7-17(18)19(21)23/h3-4,7-10,13H,11-12H2,1-2H3,(H2,21,23)(H,22,24). The number of nitrogens with two attached hydrogens (primary N) is 1. The third kappa shape index (κ3) is 5.11. The summed E-state index contributed by atoms with van der Waals surface area (Å²) < 4.78 is 5.43. The first kappa shape index (κ1) is 18.1. The smallest absolute Gasteiger partial charge is 0.252 e. The van der Waals surface area contributed by atoms with Gasteiger partial charge >= 0.3 is 0 Å². The molecule has 25 heavy (non-hydrogen) atoms. The zero-order chi connectivity index (χ0) is 18.2. The maximum absolute atomic E-state index is 12.0. The van der Waals surface area contributed by atoms with Crippen molar-refractivity contribution in [3.8, 4) is 17.6 Å². The predicted octanol–water partition coefficient (Wildman–Crippen LogP) is 2.21. The molecule has 0 radical (unpaired) electrons. The van der Waals surface area contributed by atoms with Crippen molar-refractivity contribution < 1.29 is 14.3 Å². The maximum atomic E-state index is 12.0. The van der Waals surface area contributed by atoms with Crippen molar-refractivity contribution in [2.24, 2.45) is 5.73 Å². The molecule has 0 saturated heterocycles. The van der Waals surface area contributed by atoms with Gasteiger partial charge in [0.2, 0.25) is 0 Å². The number of hydrogen-bond acceptors (Lipinski definition) is 3. The Bertz CT molecular complexity index is 848. The monoisotopic (exact) mass is 336 g/mol. The number of carbonyl (C=O) groups is 2. The number of rotatable bonds is 5. The quantitative estimate of drug-likeness (QED) is 0.822. The number of benzene rings is 2. The molecule has 0 atom stereocenters. The van der Waals surface area contributed by atoms with E-state index in [2.05, 4.69) is 17.2 Å². The second-order valence-corrected chi connectivity index (χ2v) is 5.48. The maximum Gasteiger partial charge on any atom is 0.252 e. The molecule has 0 saturated carbocycles. The fourth-order valence-electron chi connectivity index (χ4n) is 2.13. The second-order valence-electron chi connectivity index (χ2n) is 5.48. The summed E-state index contributed by atoms with van der Waals surface area (Å²) >= 11 is 0. The van der Waals surface area contributed by atoms with Crippen LogP contribution in [-0.4, -0.2) is 25.0 Å². The molecule has 0 unspecified atom stereocenters. The van der Waals surface area contributed by atoms with E-state index in [0.717, 1.165) is 11.1 Å². The van der Waals surface area contributed by atoms with Crippen LogP contribution in [-0.2, 0) is 0 Å². The van der Waals surface area contributed by atoms with Crippen LogP contribution in [0.1, 0.15) is 31.8 Å². The first-order valence-electron chi connectivity index (χ1n) is 7.82. The third-order valence-electron chi connectivity index (χ3n) is 3.68. The minimum Gasteiger partial charge on any atom is -0.480 e. The van der Waals surface area contributed by atoms with Crippen LogP contribution in [0.2, 0.25) is 0 Å². The Morgan fingerprint density at radius 1 is 1.08 bits per heavy atom. The molecule has 0 aliphatic rings. The number of nitrogens with one attached hydrogen (secondary N) is 1. The molecule has 0 bridgehead atoms. The van der Waals surface area contributed by atoms with Crippen molar-refractivity contribution >= 4 is 11.8 Å². The Morgan fingerprint density at radius 3 is 2.56 bits per heavy atom. The number of primary amides is 1. The molecular formula is C20H20N2O3. The van der Waals surface area contributed by atoms with Gasteiger partial charge in [-0.3, -0.25) is 9.59 Å². The number of ether oxygens (including phenoxy) is 1. The summed E-state index contributed by atoms with van der Waals surface area (Å²) in [4.78, 5) is 23.3. The molecular weight excluding hydrogens is 316 g/mol. The van der Waals surface area contributed by atoms with Crippen molar-refractivity contribution in [2.45, 2.75) is 13.8 Å². The summed E-state index contributed by atoms with van der Waals surface area (Å²) in [6.45, 7) is 4.28. The van der Waals surface area contributed by atoms with Gasteiger partial charge in [0, 0.05) is 5.56 Å². The van der Waals surface area contributed by atoms with Gasteiger partial charge in [-0.2, -0.15) is 0 Å². The van der Waals surface area contributed by atoms with E-state index in [1.807, 2.05) is 26.0 Å². The fourth-order valence-corrected chi connectivity index (χ4v) is 2.13. The molecule has 0 fully saturated rings. The van der Waals surface area contributed by atoms with Crippen molar-refractivity contribution in [1.29, 1.82) is 0 Å². The first-order chi connectivity index (χ1) is 12.0. The topological polar surface area (TPSA) is 81.4 Å². The summed E-state index contributed by atoms with van der Waals surface area (Å²) in [7, 11) is 0. The lowest BCUT2D eigenvalue weighted by Gasteiger charge is -2.06. The molecule has 2 amide bonds. The summed E-state index contributed by atoms with van der Waals surface area (Å²) in [6, 6.07) is 12.3. The Hall–Kier alpha value is -3.26. The van der Waals surface area contributed by atoms with Crippen LogP contribution in [0.3, 0.4) is 0 Å².